The Morgan fingerprint density at radius 2 is 1.71 bits per heavy atom. The third-order valence-electron chi connectivity index (χ3n) is 4.82. The molecule has 9 nitrogen and oxygen atoms in total. The van der Waals surface area contributed by atoms with Crippen molar-refractivity contribution in [3.63, 3.8) is 0 Å². The van der Waals surface area contributed by atoms with Crippen molar-refractivity contribution in [2.75, 3.05) is 33.2 Å². The number of rotatable bonds is 9. The molecule has 178 valence electrons. The molecule has 0 fully saturated rings. The number of halogens is 1. The van der Waals surface area contributed by atoms with Gasteiger partial charge in [0, 0.05) is 25.7 Å². The summed E-state index contributed by atoms with van der Waals surface area (Å²) in [5.74, 6) is -1.78. The number of amides is 2. The minimum absolute atomic E-state index is 0.0340. The summed E-state index contributed by atoms with van der Waals surface area (Å²) in [5, 5.41) is 2.57. The van der Waals surface area contributed by atoms with Gasteiger partial charge in [0.2, 0.25) is 0 Å². The van der Waals surface area contributed by atoms with E-state index in [-0.39, 0.29) is 40.9 Å². The van der Waals surface area contributed by atoms with Crippen LogP contribution in [0, 0.1) is 5.82 Å². The number of likely N-dealkylation sites (N-methyl/N-ethyl adjacent to an activating group) is 1. The molecule has 0 aliphatic carbocycles. The van der Waals surface area contributed by atoms with Gasteiger partial charge in [-0.2, -0.15) is 0 Å². The summed E-state index contributed by atoms with van der Waals surface area (Å²) in [5.41, 5.74) is 0.745. The Kier molecular flexibility index (Phi) is 7.86. The number of hydrogen-bond donors (Lipinski definition) is 1. The van der Waals surface area contributed by atoms with Crippen molar-refractivity contribution >= 4 is 23.5 Å². The fourth-order valence-electron chi connectivity index (χ4n) is 3.01. The van der Waals surface area contributed by atoms with Gasteiger partial charge in [-0.1, -0.05) is 12.1 Å². The quantitative estimate of drug-likeness (QED) is 0.477. The molecule has 0 aliphatic rings. The number of ether oxygens (including phenoxy) is 3. The predicted octanol–water partition coefficient (Wildman–Crippen LogP) is 3.50. The van der Waals surface area contributed by atoms with Crippen molar-refractivity contribution < 1.29 is 37.4 Å². The van der Waals surface area contributed by atoms with E-state index in [2.05, 4.69) is 5.32 Å². The Hall–Kier alpha value is -4.34. The number of carbonyl (C=O) groups excluding carboxylic acids is 3. The normalized spacial score (nSPS) is 10.4. The molecule has 1 N–H and O–H groups in total. The van der Waals surface area contributed by atoms with E-state index >= 15 is 0 Å². The molecule has 2 amide bonds. The second kappa shape index (κ2) is 11.0. The topological polar surface area (TPSA) is 107 Å². The van der Waals surface area contributed by atoms with E-state index in [1.807, 2.05) is 0 Å². The molecule has 1 aromatic heterocycles. The molecular formula is C24H23FN2O7. The maximum Gasteiger partial charge on any atom is 0.340 e. The standard InChI is InChI=1S/C24H23FN2O7/c1-27(13-15-6-8-16(25)9-7-15)22(28)14-34-24(30)17-11-20(31-2)21(32-3)12-18(17)26-23(29)19-5-4-10-33-19/h4-12H,13-14H2,1-3H3,(H,26,29). The van der Waals surface area contributed by atoms with E-state index in [4.69, 9.17) is 18.6 Å². The molecule has 2 aromatic carbocycles. The van der Waals surface area contributed by atoms with Gasteiger partial charge < -0.3 is 28.8 Å². The number of furan rings is 1. The summed E-state index contributed by atoms with van der Waals surface area (Å²) in [6.45, 7) is -0.339. The van der Waals surface area contributed by atoms with Crippen molar-refractivity contribution in [3.05, 3.63) is 77.5 Å². The molecule has 0 saturated carbocycles. The minimum atomic E-state index is -0.862. The van der Waals surface area contributed by atoms with Crippen LogP contribution in [-0.4, -0.2) is 50.6 Å². The van der Waals surface area contributed by atoms with E-state index in [0.29, 0.717) is 5.56 Å². The van der Waals surface area contributed by atoms with E-state index < -0.39 is 24.4 Å². The van der Waals surface area contributed by atoms with Crippen molar-refractivity contribution in [2.24, 2.45) is 0 Å². The van der Waals surface area contributed by atoms with Crippen LogP contribution in [0.3, 0.4) is 0 Å². The summed E-state index contributed by atoms with van der Waals surface area (Å²) in [6.07, 6.45) is 1.34. The lowest BCUT2D eigenvalue weighted by Gasteiger charge is -2.18. The first-order valence-electron chi connectivity index (χ1n) is 10.1. The zero-order valence-electron chi connectivity index (χ0n) is 18.8. The average molecular weight is 470 g/mol. The largest absolute Gasteiger partial charge is 0.493 e. The Balaban J connectivity index is 1.73. The molecule has 0 saturated heterocycles. The first-order valence-corrected chi connectivity index (χ1v) is 10.1. The van der Waals surface area contributed by atoms with E-state index in [1.54, 1.807) is 18.2 Å². The van der Waals surface area contributed by atoms with Gasteiger partial charge in [-0.05, 0) is 29.8 Å². The van der Waals surface area contributed by atoms with Crippen molar-refractivity contribution in [1.82, 2.24) is 4.90 Å². The molecule has 3 aromatic rings. The lowest BCUT2D eigenvalue weighted by molar-refractivity contribution is -0.133. The fourth-order valence-corrected chi connectivity index (χ4v) is 3.01. The van der Waals surface area contributed by atoms with Gasteiger partial charge in [0.15, 0.2) is 23.9 Å². The minimum Gasteiger partial charge on any atom is -0.493 e. The second-order valence-electron chi connectivity index (χ2n) is 7.14. The first kappa shape index (κ1) is 24.3. The van der Waals surface area contributed by atoms with Gasteiger partial charge in [0.1, 0.15) is 5.82 Å². The van der Waals surface area contributed by atoms with Crippen LogP contribution >= 0.6 is 0 Å². The van der Waals surface area contributed by atoms with Gasteiger partial charge in [-0.25, -0.2) is 9.18 Å². The summed E-state index contributed by atoms with van der Waals surface area (Å²) in [4.78, 5) is 39.0. The molecule has 0 atom stereocenters. The smallest absolute Gasteiger partial charge is 0.340 e. The highest BCUT2D eigenvalue weighted by molar-refractivity contribution is 6.07. The Bertz CT molecular complexity index is 1160. The number of benzene rings is 2. The monoisotopic (exact) mass is 470 g/mol. The Morgan fingerprint density at radius 1 is 1.03 bits per heavy atom. The van der Waals surface area contributed by atoms with E-state index in [0.717, 1.165) is 0 Å². The Labute approximate surface area is 195 Å². The molecule has 0 spiro atoms. The van der Waals surface area contributed by atoms with E-state index in [9.17, 15) is 18.8 Å². The molecule has 10 heteroatoms. The number of carbonyl (C=O) groups is 3. The van der Waals surface area contributed by atoms with Crippen LogP contribution in [0.25, 0.3) is 0 Å². The fraction of sp³-hybridized carbons (Fsp3) is 0.208. The average Bonchev–Trinajstić information content (AvgIpc) is 3.38. The third-order valence-corrected chi connectivity index (χ3v) is 4.82. The molecule has 0 unspecified atom stereocenters. The number of hydrogen-bond acceptors (Lipinski definition) is 7. The van der Waals surface area contributed by atoms with Crippen LogP contribution in [0.5, 0.6) is 11.5 Å². The summed E-state index contributed by atoms with van der Waals surface area (Å²) < 4.78 is 33.8. The lowest BCUT2D eigenvalue weighted by atomic mass is 10.1. The second-order valence-corrected chi connectivity index (χ2v) is 7.14. The van der Waals surface area contributed by atoms with E-state index in [1.165, 1.54) is 62.8 Å². The lowest BCUT2D eigenvalue weighted by Crippen LogP contribution is -2.31. The van der Waals surface area contributed by atoms with Crippen LogP contribution in [0.1, 0.15) is 26.5 Å². The summed E-state index contributed by atoms with van der Waals surface area (Å²) in [7, 11) is 4.33. The van der Waals surface area contributed by atoms with Crippen molar-refractivity contribution in [2.45, 2.75) is 6.54 Å². The molecule has 0 bridgehead atoms. The number of nitrogens with zero attached hydrogens (tertiary/aromatic N) is 1. The maximum absolute atomic E-state index is 13.1. The van der Waals surface area contributed by atoms with Gasteiger partial charge in [-0.3, -0.25) is 9.59 Å². The number of methoxy groups -OCH3 is 2. The molecule has 1 heterocycles. The van der Waals surface area contributed by atoms with Crippen molar-refractivity contribution in [1.29, 1.82) is 0 Å². The number of esters is 1. The first-order chi connectivity index (χ1) is 16.3. The highest BCUT2D eigenvalue weighted by Gasteiger charge is 2.22. The Morgan fingerprint density at radius 3 is 2.32 bits per heavy atom. The molecular weight excluding hydrogens is 447 g/mol. The van der Waals surface area contributed by atoms with Crippen LogP contribution in [0.2, 0.25) is 0 Å². The number of anilines is 1. The predicted molar refractivity (Wildman–Crippen MR) is 119 cm³/mol. The molecule has 0 aliphatic heterocycles. The molecule has 34 heavy (non-hydrogen) atoms. The van der Waals surface area contributed by atoms with Gasteiger partial charge in [-0.15, -0.1) is 0 Å². The van der Waals surface area contributed by atoms with Gasteiger partial charge >= 0.3 is 5.97 Å². The van der Waals surface area contributed by atoms with Crippen molar-refractivity contribution in [3.8, 4) is 11.5 Å². The van der Waals surface area contributed by atoms with Gasteiger partial charge in [0.25, 0.3) is 11.8 Å². The number of nitrogens with one attached hydrogen (secondary N) is 1. The highest BCUT2D eigenvalue weighted by atomic mass is 19.1. The molecule has 3 rings (SSSR count). The third kappa shape index (κ3) is 5.91. The van der Waals surface area contributed by atoms with Crippen LogP contribution < -0.4 is 14.8 Å². The zero-order chi connectivity index (χ0) is 24.7. The van der Waals surface area contributed by atoms with Crippen LogP contribution in [-0.2, 0) is 16.1 Å². The zero-order valence-corrected chi connectivity index (χ0v) is 18.8. The highest BCUT2D eigenvalue weighted by Crippen LogP contribution is 2.34. The molecule has 0 radical (unpaired) electrons. The summed E-state index contributed by atoms with van der Waals surface area (Å²) >= 11 is 0. The van der Waals surface area contributed by atoms with Crippen LogP contribution in [0.4, 0.5) is 10.1 Å². The maximum atomic E-state index is 13.1. The van der Waals surface area contributed by atoms with Gasteiger partial charge in [0.05, 0.1) is 31.7 Å². The van der Waals surface area contributed by atoms with Crippen LogP contribution in [0.15, 0.2) is 59.2 Å². The SMILES string of the molecule is COc1cc(NC(=O)c2ccco2)c(C(=O)OCC(=O)N(C)Cc2ccc(F)cc2)cc1OC. The summed E-state index contributed by atoms with van der Waals surface area (Å²) in [6, 6.07) is 11.5.